The van der Waals surface area contributed by atoms with Crippen LogP contribution >= 0.6 is 0 Å². The average Bonchev–Trinajstić information content (AvgIpc) is 2.47. The summed E-state index contributed by atoms with van der Waals surface area (Å²) in [7, 11) is 0. The number of hydrogen-bond acceptors (Lipinski definition) is 3. The summed E-state index contributed by atoms with van der Waals surface area (Å²) in [5.74, 6) is 0.439. The monoisotopic (exact) mass is 286 g/mol. The Morgan fingerprint density at radius 1 is 1.30 bits per heavy atom. The number of nitrogens with one attached hydrogen (secondary N) is 1. The number of aromatic amines is 1. The summed E-state index contributed by atoms with van der Waals surface area (Å²) in [6.07, 6.45) is 5.28. The van der Waals surface area contributed by atoms with Gasteiger partial charge in [-0.15, -0.1) is 0 Å². The van der Waals surface area contributed by atoms with Crippen molar-refractivity contribution in [1.82, 2.24) is 10.2 Å². The van der Waals surface area contributed by atoms with Crippen LogP contribution in [0.15, 0.2) is 58.7 Å². The first-order valence-corrected chi connectivity index (χ1v) is 7.34. The molecule has 102 valence electrons. The molecule has 4 nitrogen and oxygen atoms in total. The number of hydrogen-bond donors (Lipinski definition) is 1. The van der Waals surface area contributed by atoms with E-state index < -0.39 is 11.2 Å². The molecular weight excluding hydrogens is 272 g/mol. The molecule has 1 unspecified atom stereocenters. The Morgan fingerprint density at radius 3 is 2.85 bits per heavy atom. The van der Waals surface area contributed by atoms with Crippen LogP contribution in [0.25, 0.3) is 12.2 Å². The van der Waals surface area contributed by atoms with Crippen molar-refractivity contribution < 1.29 is 4.55 Å². The molecule has 0 saturated carbocycles. The van der Waals surface area contributed by atoms with Gasteiger partial charge in [-0.3, -0.25) is 4.79 Å². The molecule has 0 radical (unpaired) electrons. The first kappa shape index (κ1) is 14.3. The summed E-state index contributed by atoms with van der Waals surface area (Å²) < 4.78 is 11.9. The fourth-order valence-electron chi connectivity index (χ4n) is 1.59. The Balaban J connectivity index is 2.17. The third-order valence-electron chi connectivity index (χ3n) is 2.54. The fraction of sp³-hybridized carbons (Fsp3) is 0.0667. The van der Waals surface area contributed by atoms with Crippen LogP contribution in [0.2, 0.25) is 0 Å². The molecule has 2 aromatic rings. The Bertz CT molecular complexity index is 659. The summed E-state index contributed by atoms with van der Waals surface area (Å²) in [5, 5.41) is 6.25. The SMILES string of the molecule is C=CC[S+]([O-])c1cccc(/C=C/c2ccc(=O)[nH]n2)c1. The summed E-state index contributed by atoms with van der Waals surface area (Å²) >= 11 is -1.06. The van der Waals surface area contributed by atoms with Crippen molar-refractivity contribution in [2.24, 2.45) is 0 Å². The van der Waals surface area contributed by atoms with Gasteiger partial charge >= 0.3 is 0 Å². The molecule has 1 atom stereocenters. The van der Waals surface area contributed by atoms with E-state index in [2.05, 4.69) is 16.8 Å². The first-order chi connectivity index (χ1) is 9.69. The van der Waals surface area contributed by atoms with E-state index in [1.807, 2.05) is 30.3 Å². The van der Waals surface area contributed by atoms with Crippen molar-refractivity contribution in [2.75, 3.05) is 5.75 Å². The van der Waals surface area contributed by atoms with Crippen LogP contribution in [-0.2, 0) is 11.2 Å². The second-order valence-corrected chi connectivity index (χ2v) is 5.55. The molecular formula is C15H14N2O2S. The van der Waals surface area contributed by atoms with Crippen molar-refractivity contribution in [3.63, 3.8) is 0 Å². The van der Waals surface area contributed by atoms with E-state index in [0.29, 0.717) is 11.4 Å². The first-order valence-electron chi connectivity index (χ1n) is 6.02. The van der Waals surface area contributed by atoms with Crippen molar-refractivity contribution in [2.45, 2.75) is 4.90 Å². The molecule has 0 amide bonds. The number of aromatic nitrogens is 2. The predicted octanol–water partition coefficient (Wildman–Crippen LogP) is 2.23. The standard InChI is InChI=1S/C15H14N2O2S/c1-2-10-20(19)14-5-3-4-12(11-14)6-7-13-8-9-15(18)17-16-13/h2-9,11H,1,10H2,(H,17,18)/b7-6+. The van der Waals surface area contributed by atoms with Gasteiger partial charge in [0.15, 0.2) is 4.90 Å². The maximum absolute atomic E-state index is 11.9. The molecule has 1 aromatic heterocycles. The lowest BCUT2D eigenvalue weighted by molar-refractivity contribution is 0.598. The van der Waals surface area contributed by atoms with Crippen LogP contribution in [0.5, 0.6) is 0 Å². The van der Waals surface area contributed by atoms with Gasteiger partial charge in [-0.25, -0.2) is 5.10 Å². The molecule has 0 aliphatic carbocycles. The van der Waals surface area contributed by atoms with Gasteiger partial charge in [-0.1, -0.05) is 24.8 Å². The highest BCUT2D eigenvalue weighted by atomic mass is 32.2. The molecule has 0 saturated heterocycles. The minimum absolute atomic E-state index is 0.232. The summed E-state index contributed by atoms with van der Waals surface area (Å²) in [4.78, 5) is 11.7. The van der Waals surface area contributed by atoms with Gasteiger partial charge in [0.25, 0.3) is 5.56 Å². The van der Waals surface area contributed by atoms with Crippen LogP contribution in [-0.4, -0.2) is 20.5 Å². The minimum atomic E-state index is -1.06. The zero-order valence-electron chi connectivity index (χ0n) is 10.8. The highest BCUT2D eigenvalue weighted by Crippen LogP contribution is 2.15. The summed E-state index contributed by atoms with van der Waals surface area (Å²) in [6.45, 7) is 3.59. The third kappa shape index (κ3) is 3.94. The van der Waals surface area contributed by atoms with E-state index in [1.54, 1.807) is 18.2 Å². The molecule has 2 rings (SSSR count). The number of H-pyrrole nitrogens is 1. The van der Waals surface area contributed by atoms with Crippen LogP contribution in [0.1, 0.15) is 11.3 Å². The van der Waals surface area contributed by atoms with E-state index in [1.165, 1.54) is 6.07 Å². The minimum Gasteiger partial charge on any atom is -0.611 e. The van der Waals surface area contributed by atoms with Crippen molar-refractivity contribution in [3.05, 3.63) is 70.7 Å². The van der Waals surface area contributed by atoms with Crippen LogP contribution in [0.4, 0.5) is 0 Å². The Hall–Kier alpha value is -2.11. The highest BCUT2D eigenvalue weighted by Gasteiger charge is 2.07. The number of benzene rings is 1. The largest absolute Gasteiger partial charge is 0.611 e. The molecule has 20 heavy (non-hydrogen) atoms. The van der Waals surface area contributed by atoms with Gasteiger partial charge in [-0.05, 0) is 41.0 Å². The molecule has 0 spiro atoms. The highest BCUT2D eigenvalue weighted by molar-refractivity contribution is 7.91. The van der Waals surface area contributed by atoms with Gasteiger partial charge < -0.3 is 4.55 Å². The van der Waals surface area contributed by atoms with Crippen LogP contribution in [0, 0.1) is 0 Å². The maximum atomic E-state index is 11.9. The van der Waals surface area contributed by atoms with Gasteiger partial charge in [0.1, 0.15) is 5.75 Å². The van der Waals surface area contributed by atoms with Gasteiger partial charge in [0, 0.05) is 12.1 Å². The molecule has 1 aromatic carbocycles. The zero-order chi connectivity index (χ0) is 14.4. The Morgan fingerprint density at radius 2 is 2.15 bits per heavy atom. The molecule has 1 heterocycles. The summed E-state index contributed by atoms with van der Waals surface area (Å²) in [6, 6.07) is 10.5. The van der Waals surface area contributed by atoms with Crippen molar-refractivity contribution in [1.29, 1.82) is 0 Å². The van der Waals surface area contributed by atoms with Crippen LogP contribution < -0.4 is 5.56 Å². The molecule has 1 N–H and O–H groups in total. The van der Waals surface area contributed by atoms with Gasteiger partial charge in [0.05, 0.1) is 5.69 Å². The zero-order valence-corrected chi connectivity index (χ0v) is 11.6. The normalized spacial score (nSPS) is 12.4. The molecule has 0 aliphatic heterocycles. The smallest absolute Gasteiger partial charge is 0.264 e. The van der Waals surface area contributed by atoms with E-state index in [0.717, 1.165) is 10.5 Å². The lowest BCUT2D eigenvalue weighted by atomic mass is 10.2. The molecule has 5 heteroatoms. The van der Waals surface area contributed by atoms with Crippen LogP contribution in [0.3, 0.4) is 0 Å². The van der Waals surface area contributed by atoms with Gasteiger partial charge in [-0.2, -0.15) is 5.10 Å². The molecule has 0 bridgehead atoms. The average molecular weight is 286 g/mol. The van der Waals surface area contributed by atoms with Gasteiger partial charge in [0.2, 0.25) is 0 Å². The topological polar surface area (TPSA) is 68.8 Å². The predicted molar refractivity (Wildman–Crippen MR) is 81.7 cm³/mol. The molecule has 0 aliphatic rings. The maximum Gasteiger partial charge on any atom is 0.264 e. The van der Waals surface area contributed by atoms with E-state index in [-0.39, 0.29) is 5.56 Å². The second kappa shape index (κ2) is 6.88. The quantitative estimate of drug-likeness (QED) is 0.677. The number of rotatable bonds is 5. The van der Waals surface area contributed by atoms with Crippen molar-refractivity contribution >= 4 is 23.3 Å². The Kier molecular flexibility index (Phi) is 4.92. The van der Waals surface area contributed by atoms with E-state index in [9.17, 15) is 9.35 Å². The lowest BCUT2D eigenvalue weighted by Gasteiger charge is -2.08. The van der Waals surface area contributed by atoms with E-state index in [4.69, 9.17) is 0 Å². The Labute approximate surface area is 120 Å². The second-order valence-electron chi connectivity index (χ2n) is 4.05. The summed E-state index contributed by atoms with van der Waals surface area (Å²) in [5.41, 5.74) is 1.35. The van der Waals surface area contributed by atoms with Crippen molar-refractivity contribution in [3.8, 4) is 0 Å². The lowest BCUT2D eigenvalue weighted by Crippen LogP contribution is -2.05. The number of nitrogens with zero attached hydrogens (tertiary/aromatic N) is 1. The fourth-order valence-corrected chi connectivity index (χ4v) is 2.50. The van der Waals surface area contributed by atoms with E-state index >= 15 is 0 Å². The molecule has 0 fully saturated rings. The third-order valence-corrected chi connectivity index (χ3v) is 3.86.